The largest absolute Gasteiger partial charge is 0.488 e. The lowest BCUT2D eigenvalue weighted by molar-refractivity contribution is -0.139. The van der Waals surface area contributed by atoms with E-state index in [-0.39, 0.29) is 17.9 Å². The highest BCUT2D eigenvalue weighted by molar-refractivity contribution is 5.98. The monoisotopic (exact) mass is 431 g/mol. The summed E-state index contributed by atoms with van der Waals surface area (Å²) in [6.45, 7) is 2.44. The summed E-state index contributed by atoms with van der Waals surface area (Å²) in [4.78, 5) is 34.8. The van der Waals surface area contributed by atoms with Crippen LogP contribution in [-0.4, -0.2) is 71.6 Å². The van der Waals surface area contributed by atoms with Crippen molar-refractivity contribution in [1.29, 1.82) is 0 Å². The minimum Gasteiger partial charge on any atom is -0.488 e. The van der Waals surface area contributed by atoms with Crippen molar-refractivity contribution >= 4 is 22.7 Å². The summed E-state index contributed by atoms with van der Waals surface area (Å²) in [7, 11) is 0. The number of carbonyl (C=O) groups excluding carboxylic acids is 2. The zero-order chi connectivity index (χ0) is 21.9. The molecular formula is C25H25N3O4. The van der Waals surface area contributed by atoms with Gasteiger partial charge >= 0.3 is 0 Å². The van der Waals surface area contributed by atoms with Gasteiger partial charge in [-0.1, -0.05) is 42.5 Å². The van der Waals surface area contributed by atoms with Gasteiger partial charge in [0.2, 0.25) is 5.91 Å². The van der Waals surface area contributed by atoms with E-state index in [2.05, 4.69) is 4.98 Å². The van der Waals surface area contributed by atoms with E-state index in [4.69, 9.17) is 9.47 Å². The second-order valence-corrected chi connectivity index (χ2v) is 8.09. The molecule has 32 heavy (non-hydrogen) atoms. The average molecular weight is 431 g/mol. The highest BCUT2D eigenvalue weighted by Crippen LogP contribution is 2.27. The molecule has 3 heterocycles. The van der Waals surface area contributed by atoms with E-state index in [0.29, 0.717) is 45.0 Å². The fourth-order valence-corrected chi connectivity index (χ4v) is 4.36. The van der Waals surface area contributed by atoms with E-state index < -0.39 is 6.04 Å². The number of benzene rings is 2. The highest BCUT2D eigenvalue weighted by Gasteiger charge is 2.43. The zero-order valence-electron chi connectivity index (χ0n) is 17.7. The Morgan fingerprint density at radius 1 is 0.938 bits per heavy atom. The van der Waals surface area contributed by atoms with E-state index in [1.807, 2.05) is 60.7 Å². The van der Waals surface area contributed by atoms with Crippen LogP contribution in [0.15, 0.2) is 66.7 Å². The molecule has 2 aliphatic heterocycles. The normalized spacial score (nSPS) is 21.0. The van der Waals surface area contributed by atoms with Gasteiger partial charge in [-0.25, -0.2) is 4.98 Å². The lowest BCUT2D eigenvalue weighted by Gasteiger charge is -2.32. The van der Waals surface area contributed by atoms with Gasteiger partial charge in [0.25, 0.3) is 5.91 Å². The third-order valence-electron chi connectivity index (χ3n) is 5.99. The van der Waals surface area contributed by atoms with Crippen LogP contribution in [0.25, 0.3) is 10.9 Å². The molecule has 0 aliphatic carbocycles. The number of morpholine rings is 1. The second-order valence-electron chi connectivity index (χ2n) is 8.09. The Morgan fingerprint density at radius 2 is 1.69 bits per heavy atom. The van der Waals surface area contributed by atoms with Crippen LogP contribution < -0.4 is 4.74 Å². The van der Waals surface area contributed by atoms with Crippen LogP contribution in [0.1, 0.15) is 16.9 Å². The first-order valence-corrected chi connectivity index (χ1v) is 10.9. The van der Waals surface area contributed by atoms with Gasteiger partial charge in [-0.15, -0.1) is 0 Å². The Morgan fingerprint density at radius 3 is 2.50 bits per heavy atom. The lowest BCUT2D eigenvalue weighted by Crippen LogP contribution is -2.51. The van der Waals surface area contributed by atoms with Crippen molar-refractivity contribution in [2.45, 2.75) is 18.6 Å². The number of hydrogen-bond donors (Lipinski definition) is 0. The number of carbonyl (C=O) groups is 2. The number of likely N-dealkylation sites (tertiary alicyclic amines) is 1. The number of pyridine rings is 1. The molecule has 7 heteroatoms. The molecule has 0 saturated carbocycles. The summed E-state index contributed by atoms with van der Waals surface area (Å²) in [5.41, 5.74) is 1.09. The Hall–Kier alpha value is -3.45. The number of nitrogens with zero attached hydrogens (tertiary/aromatic N) is 3. The number of rotatable bonds is 4. The Bertz CT molecular complexity index is 1110. The molecule has 2 amide bonds. The van der Waals surface area contributed by atoms with Crippen molar-refractivity contribution in [3.8, 4) is 5.75 Å². The lowest BCUT2D eigenvalue weighted by atomic mass is 10.1. The molecule has 3 aromatic rings. The topological polar surface area (TPSA) is 72.0 Å². The molecule has 0 radical (unpaired) electrons. The predicted molar refractivity (Wildman–Crippen MR) is 119 cm³/mol. The minimum atomic E-state index is -0.581. The Balaban J connectivity index is 1.41. The quantitative estimate of drug-likeness (QED) is 0.635. The van der Waals surface area contributed by atoms with Crippen LogP contribution in [0.3, 0.4) is 0 Å². The van der Waals surface area contributed by atoms with Crippen LogP contribution in [-0.2, 0) is 9.53 Å². The van der Waals surface area contributed by atoms with Gasteiger partial charge in [-0.3, -0.25) is 9.59 Å². The maximum Gasteiger partial charge on any atom is 0.273 e. The summed E-state index contributed by atoms with van der Waals surface area (Å²) in [5.74, 6) is 0.427. The SMILES string of the molecule is O=C([C@@H]1C[C@H](Oc2ccccc2)CN1C(=O)c1ccc2ccccc2n1)N1CCOCC1. The van der Waals surface area contributed by atoms with E-state index >= 15 is 0 Å². The maximum absolute atomic E-state index is 13.5. The molecule has 0 bridgehead atoms. The third kappa shape index (κ3) is 4.16. The number of fused-ring (bicyclic) bond motifs is 1. The molecule has 2 aliphatic rings. The van der Waals surface area contributed by atoms with Crippen LogP contribution >= 0.6 is 0 Å². The number of para-hydroxylation sites is 2. The molecule has 2 atom stereocenters. The second kappa shape index (κ2) is 8.96. The average Bonchev–Trinajstić information content (AvgIpc) is 3.27. The first-order valence-electron chi connectivity index (χ1n) is 10.9. The van der Waals surface area contributed by atoms with E-state index in [1.54, 1.807) is 15.9 Å². The smallest absolute Gasteiger partial charge is 0.273 e. The molecule has 0 unspecified atom stereocenters. The van der Waals surface area contributed by atoms with Gasteiger partial charge in [0.05, 0.1) is 25.3 Å². The van der Waals surface area contributed by atoms with Crippen molar-refractivity contribution < 1.29 is 19.1 Å². The Labute approximate surface area is 186 Å². The van der Waals surface area contributed by atoms with Crippen molar-refractivity contribution in [3.05, 3.63) is 72.4 Å². The molecule has 2 fully saturated rings. The number of hydrogen-bond acceptors (Lipinski definition) is 5. The van der Waals surface area contributed by atoms with Crippen LogP contribution in [0.4, 0.5) is 0 Å². The van der Waals surface area contributed by atoms with Gasteiger partial charge in [0.15, 0.2) is 0 Å². The Kier molecular flexibility index (Phi) is 5.73. The molecule has 2 saturated heterocycles. The van der Waals surface area contributed by atoms with Gasteiger partial charge in [0.1, 0.15) is 23.6 Å². The van der Waals surface area contributed by atoms with Crippen molar-refractivity contribution in [3.63, 3.8) is 0 Å². The van der Waals surface area contributed by atoms with Crippen molar-refractivity contribution in [2.24, 2.45) is 0 Å². The third-order valence-corrected chi connectivity index (χ3v) is 5.99. The van der Waals surface area contributed by atoms with Crippen LogP contribution in [0.2, 0.25) is 0 Å². The fraction of sp³-hybridized carbons (Fsp3) is 0.320. The highest BCUT2D eigenvalue weighted by atomic mass is 16.5. The fourth-order valence-electron chi connectivity index (χ4n) is 4.36. The molecule has 5 rings (SSSR count). The summed E-state index contributed by atoms with van der Waals surface area (Å²) < 4.78 is 11.5. The van der Waals surface area contributed by atoms with Gasteiger partial charge < -0.3 is 19.3 Å². The van der Waals surface area contributed by atoms with Crippen LogP contribution in [0, 0.1) is 0 Å². The summed E-state index contributed by atoms with van der Waals surface area (Å²) in [5, 5.41) is 0.969. The minimum absolute atomic E-state index is 0.0541. The molecule has 164 valence electrons. The van der Waals surface area contributed by atoms with E-state index in [1.165, 1.54) is 0 Å². The summed E-state index contributed by atoms with van der Waals surface area (Å²) >= 11 is 0. The zero-order valence-corrected chi connectivity index (χ0v) is 17.7. The van der Waals surface area contributed by atoms with Gasteiger partial charge in [-0.2, -0.15) is 0 Å². The first kappa shape index (κ1) is 20.5. The molecule has 2 aromatic carbocycles. The summed E-state index contributed by atoms with van der Waals surface area (Å²) in [6.07, 6.45) is 0.182. The molecule has 1 aromatic heterocycles. The standard InChI is InChI=1S/C25H25N3O4/c29-24(22-11-10-18-6-4-5-9-21(18)26-22)28-17-20(32-19-7-2-1-3-8-19)16-23(28)25(30)27-12-14-31-15-13-27/h1-11,20,23H,12-17H2/t20-,23-/m0/s1. The molecule has 7 nitrogen and oxygen atoms in total. The van der Waals surface area contributed by atoms with E-state index in [0.717, 1.165) is 16.7 Å². The predicted octanol–water partition coefficient (Wildman–Crippen LogP) is 2.76. The summed E-state index contributed by atoms with van der Waals surface area (Å²) in [6, 6.07) is 20.2. The van der Waals surface area contributed by atoms with Gasteiger partial charge in [0, 0.05) is 24.9 Å². The van der Waals surface area contributed by atoms with Gasteiger partial charge in [-0.05, 0) is 24.3 Å². The van der Waals surface area contributed by atoms with Crippen molar-refractivity contribution in [1.82, 2.24) is 14.8 Å². The molecule has 0 spiro atoms. The number of ether oxygens (including phenoxy) is 2. The van der Waals surface area contributed by atoms with Crippen molar-refractivity contribution in [2.75, 3.05) is 32.8 Å². The number of amides is 2. The van der Waals surface area contributed by atoms with Crippen LogP contribution in [0.5, 0.6) is 5.75 Å². The first-order chi connectivity index (χ1) is 15.7. The maximum atomic E-state index is 13.5. The molecular weight excluding hydrogens is 406 g/mol. The molecule has 0 N–H and O–H groups in total. The van der Waals surface area contributed by atoms with E-state index in [9.17, 15) is 9.59 Å². The number of aromatic nitrogens is 1.